The van der Waals surface area contributed by atoms with Crippen LogP contribution in [0.15, 0.2) is 42.5 Å². The molecule has 0 bridgehead atoms. The van der Waals surface area contributed by atoms with Crippen LogP contribution in [0, 0.1) is 0 Å². The number of aryl methyl sites for hydroxylation is 1. The van der Waals surface area contributed by atoms with Crippen LogP contribution in [-0.4, -0.2) is 39.2 Å². The highest BCUT2D eigenvalue weighted by molar-refractivity contribution is 6.03. The van der Waals surface area contributed by atoms with Gasteiger partial charge in [0.25, 0.3) is 0 Å². The molecule has 0 unspecified atom stereocenters. The largest absolute Gasteiger partial charge is 0.496 e. The minimum absolute atomic E-state index is 0.149. The number of ether oxygens (including phenoxy) is 3. The molecule has 0 aliphatic rings. The molecule has 0 spiro atoms. The summed E-state index contributed by atoms with van der Waals surface area (Å²) < 4.78 is 14.7. The van der Waals surface area contributed by atoms with Gasteiger partial charge in [0.15, 0.2) is 0 Å². The second-order valence-electron chi connectivity index (χ2n) is 5.60. The van der Waals surface area contributed by atoms with Crippen molar-refractivity contribution in [1.82, 2.24) is 0 Å². The fourth-order valence-corrected chi connectivity index (χ4v) is 2.55. The van der Waals surface area contributed by atoms with E-state index in [0.29, 0.717) is 12.2 Å². The molecule has 0 aliphatic heterocycles. The lowest BCUT2D eigenvalue weighted by atomic mass is 10.1. The van der Waals surface area contributed by atoms with E-state index in [1.54, 1.807) is 7.11 Å². The summed E-state index contributed by atoms with van der Waals surface area (Å²) in [4.78, 5) is 36.0. The van der Waals surface area contributed by atoms with Crippen molar-refractivity contribution in [3.05, 3.63) is 59.2 Å². The molecule has 0 aliphatic carbocycles. The molecule has 0 heterocycles. The second kappa shape index (κ2) is 9.38. The Morgan fingerprint density at radius 3 is 2.30 bits per heavy atom. The molecule has 2 rings (SSSR count). The zero-order chi connectivity index (χ0) is 19.8. The van der Waals surface area contributed by atoms with Crippen LogP contribution in [-0.2, 0) is 20.7 Å². The second-order valence-corrected chi connectivity index (χ2v) is 5.60. The molecule has 0 aromatic heterocycles. The van der Waals surface area contributed by atoms with Crippen molar-refractivity contribution in [2.75, 3.05) is 26.6 Å². The summed E-state index contributed by atoms with van der Waals surface area (Å²) in [6.45, 7) is 0. The Morgan fingerprint density at radius 1 is 0.926 bits per heavy atom. The molecule has 2 aromatic carbocycles. The Bertz CT molecular complexity index is 846. The van der Waals surface area contributed by atoms with Crippen LogP contribution < -0.4 is 10.1 Å². The molecule has 1 amide bonds. The monoisotopic (exact) mass is 371 g/mol. The molecule has 7 heteroatoms. The van der Waals surface area contributed by atoms with Crippen molar-refractivity contribution in [2.24, 2.45) is 0 Å². The average molecular weight is 371 g/mol. The quantitative estimate of drug-likeness (QED) is 0.753. The highest BCUT2D eigenvalue weighted by atomic mass is 16.5. The molecular formula is C20H21NO6. The third-order valence-corrected chi connectivity index (χ3v) is 3.93. The molecule has 0 atom stereocenters. The fourth-order valence-electron chi connectivity index (χ4n) is 2.55. The third kappa shape index (κ3) is 5.07. The normalized spacial score (nSPS) is 10.0. The lowest BCUT2D eigenvalue weighted by molar-refractivity contribution is -0.116. The van der Waals surface area contributed by atoms with E-state index in [0.717, 1.165) is 5.56 Å². The Labute approximate surface area is 157 Å². The number of carbonyl (C=O) groups is 3. The van der Waals surface area contributed by atoms with Crippen molar-refractivity contribution in [1.29, 1.82) is 0 Å². The van der Waals surface area contributed by atoms with Gasteiger partial charge < -0.3 is 19.5 Å². The van der Waals surface area contributed by atoms with E-state index < -0.39 is 11.9 Å². The highest BCUT2D eigenvalue weighted by Gasteiger charge is 2.17. The molecule has 7 nitrogen and oxygen atoms in total. The summed E-state index contributed by atoms with van der Waals surface area (Å²) in [7, 11) is 4.06. The number of benzene rings is 2. The van der Waals surface area contributed by atoms with Crippen molar-refractivity contribution < 1.29 is 28.6 Å². The van der Waals surface area contributed by atoms with Crippen LogP contribution in [0.5, 0.6) is 5.75 Å². The zero-order valence-electron chi connectivity index (χ0n) is 15.4. The Kier molecular flexibility index (Phi) is 6.93. The van der Waals surface area contributed by atoms with Crippen LogP contribution in [0.2, 0.25) is 0 Å². The summed E-state index contributed by atoms with van der Waals surface area (Å²) in [6, 6.07) is 11.6. The summed E-state index contributed by atoms with van der Waals surface area (Å²) >= 11 is 0. The number of hydrogen-bond donors (Lipinski definition) is 1. The van der Waals surface area contributed by atoms with E-state index in [1.165, 1.54) is 32.4 Å². The van der Waals surface area contributed by atoms with Crippen LogP contribution >= 0.6 is 0 Å². The number of methoxy groups -OCH3 is 3. The van der Waals surface area contributed by atoms with Crippen molar-refractivity contribution in [3.63, 3.8) is 0 Å². The van der Waals surface area contributed by atoms with Crippen LogP contribution in [0.25, 0.3) is 0 Å². The number of esters is 2. The zero-order valence-corrected chi connectivity index (χ0v) is 15.4. The number of carbonyl (C=O) groups excluding carboxylic acids is 3. The fraction of sp³-hybridized carbons (Fsp3) is 0.250. The standard InChI is InChI=1S/C20H21NO6/c1-25-17-7-5-4-6-13(17)9-11-18(22)21-16-12-14(19(23)26-2)8-10-15(16)20(24)27-3/h4-8,10,12H,9,11H2,1-3H3,(H,21,22). The lowest BCUT2D eigenvalue weighted by Crippen LogP contribution is -2.17. The van der Waals surface area contributed by atoms with Gasteiger partial charge in [-0.3, -0.25) is 4.79 Å². The van der Waals surface area contributed by atoms with Gasteiger partial charge in [0.2, 0.25) is 5.91 Å². The summed E-state index contributed by atoms with van der Waals surface area (Å²) in [5, 5.41) is 2.66. The predicted molar refractivity (Wildman–Crippen MR) is 99.1 cm³/mol. The number of nitrogens with one attached hydrogen (secondary N) is 1. The first-order valence-electron chi connectivity index (χ1n) is 8.22. The molecule has 0 fully saturated rings. The van der Waals surface area contributed by atoms with Crippen molar-refractivity contribution >= 4 is 23.5 Å². The first-order chi connectivity index (χ1) is 13.0. The highest BCUT2D eigenvalue weighted by Crippen LogP contribution is 2.22. The van der Waals surface area contributed by atoms with E-state index in [9.17, 15) is 14.4 Å². The maximum Gasteiger partial charge on any atom is 0.339 e. The van der Waals surface area contributed by atoms with Gasteiger partial charge in [-0.05, 0) is 36.2 Å². The van der Waals surface area contributed by atoms with Crippen LogP contribution in [0.4, 0.5) is 5.69 Å². The van der Waals surface area contributed by atoms with E-state index in [2.05, 4.69) is 10.1 Å². The molecule has 2 aromatic rings. The van der Waals surface area contributed by atoms with Gasteiger partial charge in [0.05, 0.1) is 38.1 Å². The summed E-state index contributed by atoms with van der Waals surface area (Å²) in [6.07, 6.45) is 0.629. The molecule has 142 valence electrons. The van der Waals surface area contributed by atoms with Crippen molar-refractivity contribution in [2.45, 2.75) is 12.8 Å². The molecule has 0 saturated heterocycles. The SMILES string of the molecule is COC(=O)c1ccc(C(=O)OC)c(NC(=O)CCc2ccccc2OC)c1. The lowest BCUT2D eigenvalue weighted by Gasteiger charge is -2.12. The first kappa shape index (κ1) is 20.0. The topological polar surface area (TPSA) is 90.9 Å². The number of anilines is 1. The summed E-state index contributed by atoms with van der Waals surface area (Å²) in [5.41, 5.74) is 1.45. The third-order valence-electron chi connectivity index (χ3n) is 3.93. The molecule has 0 radical (unpaired) electrons. The van der Waals surface area contributed by atoms with E-state index >= 15 is 0 Å². The van der Waals surface area contributed by atoms with Gasteiger partial charge in [-0.1, -0.05) is 18.2 Å². The molecule has 0 saturated carbocycles. The van der Waals surface area contributed by atoms with Crippen LogP contribution in [0.3, 0.4) is 0 Å². The molecule has 1 N–H and O–H groups in total. The number of para-hydroxylation sites is 1. The van der Waals surface area contributed by atoms with Gasteiger partial charge in [-0.15, -0.1) is 0 Å². The number of rotatable bonds is 7. The smallest absolute Gasteiger partial charge is 0.339 e. The molecule has 27 heavy (non-hydrogen) atoms. The Hall–Kier alpha value is -3.35. The van der Waals surface area contributed by atoms with E-state index in [4.69, 9.17) is 9.47 Å². The first-order valence-corrected chi connectivity index (χ1v) is 8.22. The predicted octanol–water partition coefficient (Wildman–Crippen LogP) is 2.84. The minimum atomic E-state index is -0.619. The van der Waals surface area contributed by atoms with Crippen LogP contribution in [0.1, 0.15) is 32.7 Å². The number of amides is 1. The van der Waals surface area contributed by atoms with Gasteiger partial charge >= 0.3 is 11.9 Å². The van der Waals surface area contributed by atoms with Crippen molar-refractivity contribution in [3.8, 4) is 5.75 Å². The van der Waals surface area contributed by atoms with Gasteiger partial charge in [0.1, 0.15) is 5.75 Å². The van der Waals surface area contributed by atoms with E-state index in [1.807, 2.05) is 24.3 Å². The molecular weight excluding hydrogens is 350 g/mol. The summed E-state index contributed by atoms with van der Waals surface area (Å²) in [5.74, 6) is -0.802. The maximum atomic E-state index is 12.4. The van der Waals surface area contributed by atoms with E-state index in [-0.39, 0.29) is 29.1 Å². The minimum Gasteiger partial charge on any atom is -0.496 e. The maximum absolute atomic E-state index is 12.4. The Morgan fingerprint density at radius 2 is 1.63 bits per heavy atom. The Balaban J connectivity index is 2.17. The van der Waals surface area contributed by atoms with Gasteiger partial charge in [-0.2, -0.15) is 0 Å². The average Bonchev–Trinajstić information content (AvgIpc) is 2.71. The van der Waals surface area contributed by atoms with Gasteiger partial charge in [-0.25, -0.2) is 9.59 Å². The van der Waals surface area contributed by atoms with Gasteiger partial charge in [0, 0.05) is 6.42 Å². The number of hydrogen-bond acceptors (Lipinski definition) is 6.